The molecular weight excluding hydrogens is 290 g/mol. The number of ether oxygens (including phenoxy) is 1. The third-order valence-corrected chi connectivity index (χ3v) is 3.21. The molecule has 0 radical (unpaired) electrons. The Balaban J connectivity index is 1.89. The zero-order valence-corrected chi connectivity index (χ0v) is 12.4. The molecule has 110 valence electrons. The van der Waals surface area contributed by atoms with Crippen molar-refractivity contribution >= 4 is 17.5 Å². The van der Waals surface area contributed by atoms with Crippen molar-refractivity contribution in [2.75, 3.05) is 20.2 Å². The molecule has 4 nitrogen and oxygen atoms in total. The van der Waals surface area contributed by atoms with Gasteiger partial charge in [-0.2, -0.15) is 0 Å². The number of aromatic hydroxyl groups is 1. The number of hydrogen-bond acceptors (Lipinski definition) is 3. The first-order chi connectivity index (χ1) is 10.1. The standard InChI is InChI=1S/C16H16ClNO3/c1-18(16(20)14-7-2-3-8-15(14)19)9-10-21-13-6-4-5-12(17)11-13/h2-8,11,19H,9-10H2,1H3. The normalized spacial score (nSPS) is 10.2. The molecule has 0 heterocycles. The highest BCUT2D eigenvalue weighted by atomic mass is 35.5. The van der Waals surface area contributed by atoms with Gasteiger partial charge in [-0.25, -0.2) is 0 Å². The molecule has 0 fully saturated rings. The molecule has 1 amide bonds. The number of carbonyl (C=O) groups is 1. The van der Waals surface area contributed by atoms with Crippen LogP contribution in [0.1, 0.15) is 10.4 Å². The Kier molecular flexibility index (Phi) is 5.06. The van der Waals surface area contributed by atoms with Gasteiger partial charge in [0.05, 0.1) is 12.1 Å². The third kappa shape index (κ3) is 4.13. The van der Waals surface area contributed by atoms with E-state index in [4.69, 9.17) is 16.3 Å². The zero-order valence-electron chi connectivity index (χ0n) is 11.6. The van der Waals surface area contributed by atoms with Gasteiger partial charge in [0.1, 0.15) is 18.1 Å². The largest absolute Gasteiger partial charge is 0.507 e. The molecule has 0 aliphatic carbocycles. The predicted octanol–water partition coefficient (Wildman–Crippen LogP) is 3.20. The maximum Gasteiger partial charge on any atom is 0.257 e. The maximum atomic E-state index is 12.2. The number of likely N-dealkylation sites (N-methyl/N-ethyl adjacent to an activating group) is 1. The van der Waals surface area contributed by atoms with Crippen LogP contribution in [0.2, 0.25) is 5.02 Å². The highest BCUT2D eigenvalue weighted by Gasteiger charge is 2.14. The second kappa shape index (κ2) is 6.99. The van der Waals surface area contributed by atoms with Crippen molar-refractivity contribution in [3.8, 4) is 11.5 Å². The summed E-state index contributed by atoms with van der Waals surface area (Å²) >= 11 is 5.86. The van der Waals surface area contributed by atoms with E-state index in [0.29, 0.717) is 23.9 Å². The van der Waals surface area contributed by atoms with E-state index in [-0.39, 0.29) is 17.2 Å². The summed E-state index contributed by atoms with van der Waals surface area (Å²) in [5.74, 6) is 0.388. The first-order valence-corrected chi connectivity index (χ1v) is 6.87. The van der Waals surface area contributed by atoms with E-state index >= 15 is 0 Å². The van der Waals surface area contributed by atoms with Crippen LogP contribution in [0, 0.1) is 0 Å². The van der Waals surface area contributed by atoms with Crippen molar-refractivity contribution in [2.24, 2.45) is 0 Å². The quantitative estimate of drug-likeness (QED) is 0.923. The minimum Gasteiger partial charge on any atom is -0.507 e. The summed E-state index contributed by atoms with van der Waals surface area (Å²) in [4.78, 5) is 13.7. The van der Waals surface area contributed by atoms with Gasteiger partial charge in [-0.15, -0.1) is 0 Å². The highest BCUT2D eigenvalue weighted by molar-refractivity contribution is 6.30. The smallest absolute Gasteiger partial charge is 0.257 e. The van der Waals surface area contributed by atoms with E-state index in [1.54, 1.807) is 49.5 Å². The number of phenols is 1. The molecule has 2 aromatic carbocycles. The Labute approximate surface area is 128 Å². The number of hydrogen-bond donors (Lipinski definition) is 1. The van der Waals surface area contributed by atoms with Crippen molar-refractivity contribution in [1.82, 2.24) is 4.90 Å². The second-order valence-corrected chi connectivity index (χ2v) is 4.99. The molecule has 0 saturated heterocycles. The van der Waals surface area contributed by atoms with E-state index in [1.807, 2.05) is 0 Å². The summed E-state index contributed by atoms with van der Waals surface area (Å²) in [6.45, 7) is 0.746. The molecule has 2 rings (SSSR count). The van der Waals surface area contributed by atoms with E-state index in [1.165, 1.54) is 11.0 Å². The van der Waals surface area contributed by atoms with Crippen LogP contribution in [-0.2, 0) is 0 Å². The minimum atomic E-state index is -0.247. The van der Waals surface area contributed by atoms with Crippen molar-refractivity contribution in [2.45, 2.75) is 0 Å². The van der Waals surface area contributed by atoms with E-state index in [9.17, 15) is 9.90 Å². The predicted molar refractivity (Wildman–Crippen MR) is 82.0 cm³/mol. The molecule has 5 heteroatoms. The maximum absolute atomic E-state index is 12.2. The molecule has 1 N–H and O–H groups in total. The summed E-state index contributed by atoms with van der Waals surface area (Å²) in [5, 5.41) is 10.3. The zero-order chi connectivity index (χ0) is 15.2. The van der Waals surface area contributed by atoms with Gasteiger partial charge in [-0.1, -0.05) is 29.8 Å². The van der Waals surface area contributed by atoms with Crippen molar-refractivity contribution < 1.29 is 14.6 Å². The van der Waals surface area contributed by atoms with Gasteiger partial charge in [-0.3, -0.25) is 4.79 Å². The lowest BCUT2D eigenvalue weighted by Gasteiger charge is -2.18. The summed E-state index contributed by atoms with van der Waals surface area (Å²) in [5.41, 5.74) is 0.280. The fraction of sp³-hybridized carbons (Fsp3) is 0.188. The first kappa shape index (κ1) is 15.2. The SMILES string of the molecule is CN(CCOc1cccc(Cl)c1)C(=O)c1ccccc1O. The topological polar surface area (TPSA) is 49.8 Å². The second-order valence-electron chi connectivity index (χ2n) is 4.55. The summed E-state index contributed by atoms with van der Waals surface area (Å²) in [6.07, 6.45) is 0. The summed E-state index contributed by atoms with van der Waals surface area (Å²) in [6, 6.07) is 13.5. The number of rotatable bonds is 5. The number of carbonyl (C=O) groups excluding carboxylic acids is 1. The molecule has 0 aromatic heterocycles. The average molecular weight is 306 g/mol. The van der Waals surface area contributed by atoms with Gasteiger partial charge in [0.15, 0.2) is 0 Å². The minimum absolute atomic E-state index is 0.0230. The lowest BCUT2D eigenvalue weighted by Crippen LogP contribution is -2.30. The van der Waals surface area contributed by atoms with E-state index in [2.05, 4.69) is 0 Å². The van der Waals surface area contributed by atoms with Gasteiger partial charge in [0.25, 0.3) is 5.91 Å². The highest BCUT2D eigenvalue weighted by Crippen LogP contribution is 2.18. The van der Waals surface area contributed by atoms with Crippen LogP contribution in [-0.4, -0.2) is 36.1 Å². The Morgan fingerprint density at radius 2 is 2.00 bits per heavy atom. The third-order valence-electron chi connectivity index (χ3n) is 2.97. The number of halogens is 1. The monoisotopic (exact) mass is 305 g/mol. The number of phenolic OH excluding ortho intramolecular Hbond substituents is 1. The van der Waals surface area contributed by atoms with Gasteiger partial charge in [-0.05, 0) is 30.3 Å². The van der Waals surface area contributed by atoms with Crippen LogP contribution in [0.15, 0.2) is 48.5 Å². The molecule has 0 aliphatic rings. The molecule has 0 atom stereocenters. The fourth-order valence-corrected chi connectivity index (χ4v) is 2.00. The number of para-hydroxylation sites is 1. The van der Waals surface area contributed by atoms with Crippen LogP contribution >= 0.6 is 11.6 Å². The van der Waals surface area contributed by atoms with Gasteiger partial charge >= 0.3 is 0 Å². The Hall–Kier alpha value is -2.20. The van der Waals surface area contributed by atoms with Crippen molar-refractivity contribution in [3.05, 3.63) is 59.1 Å². The van der Waals surface area contributed by atoms with Crippen molar-refractivity contribution in [3.63, 3.8) is 0 Å². The van der Waals surface area contributed by atoms with E-state index in [0.717, 1.165) is 0 Å². The number of benzene rings is 2. The van der Waals surface area contributed by atoms with Crippen LogP contribution in [0.4, 0.5) is 0 Å². The van der Waals surface area contributed by atoms with Gasteiger partial charge in [0.2, 0.25) is 0 Å². The Morgan fingerprint density at radius 3 is 2.71 bits per heavy atom. The Bertz CT molecular complexity index is 630. The van der Waals surface area contributed by atoms with Gasteiger partial charge < -0.3 is 14.7 Å². The molecule has 0 bridgehead atoms. The first-order valence-electron chi connectivity index (χ1n) is 6.50. The molecule has 21 heavy (non-hydrogen) atoms. The molecule has 0 spiro atoms. The lowest BCUT2D eigenvalue weighted by molar-refractivity contribution is 0.0771. The molecular formula is C16H16ClNO3. The Morgan fingerprint density at radius 1 is 1.24 bits per heavy atom. The van der Waals surface area contributed by atoms with Crippen molar-refractivity contribution in [1.29, 1.82) is 0 Å². The lowest BCUT2D eigenvalue weighted by atomic mass is 10.2. The number of nitrogens with zero attached hydrogens (tertiary/aromatic N) is 1. The summed E-state index contributed by atoms with van der Waals surface area (Å²) < 4.78 is 5.53. The fourth-order valence-electron chi connectivity index (χ4n) is 1.82. The van der Waals surface area contributed by atoms with Gasteiger partial charge in [0, 0.05) is 12.1 Å². The average Bonchev–Trinajstić information content (AvgIpc) is 2.47. The molecule has 0 saturated carbocycles. The molecule has 0 aliphatic heterocycles. The van der Waals surface area contributed by atoms with Crippen LogP contribution in [0.3, 0.4) is 0 Å². The molecule has 0 unspecified atom stereocenters. The van der Waals surface area contributed by atoms with Crippen LogP contribution in [0.25, 0.3) is 0 Å². The summed E-state index contributed by atoms with van der Waals surface area (Å²) in [7, 11) is 1.66. The van der Waals surface area contributed by atoms with Crippen LogP contribution < -0.4 is 4.74 Å². The number of amides is 1. The molecule has 2 aromatic rings. The van der Waals surface area contributed by atoms with Crippen LogP contribution in [0.5, 0.6) is 11.5 Å². The van der Waals surface area contributed by atoms with E-state index < -0.39 is 0 Å².